The van der Waals surface area contributed by atoms with Crippen molar-refractivity contribution in [3.63, 3.8) is 0 Å². The molecule has 0 saturated heterocycles. The summed E-state index contributed by atoms with van der Waals surface area (Å²) in [7, 11) is 0. The van der Waals surface area contributed by atoms with Crippen LogP contribution in [0.4, 0.5) is 10.5 Å². The number of anilines is 1. The van der Waals surface area contributed by atoms with E-state index in [1.54, 1.807) is 26.8 Å². The number of amides is 4. The Hall–Kier alpha value is -3.62. The average Bonchev–Trinajstić information content (AvgIpc) is 3.15. The fourth-order valence-electron chi connectivity index (χ4n) is 2.16. The van der Waals surface area contributed by atoms with Gasteiger partial charge < -0.3 is 19.8 Å². The topological polar surface area (TPSA) is 127 Å². The van der Waals surface area contributed by atoms with E-state index >= 15 is 0 Å². The summed E-state index contributed by atoms with van der Waals surface area (Å²) in [6, 6.07) is 8.35. The highest BCUT2D eigenvalue weighted by Gasteiger charge is 2.22. The van der Waals surface area contributed by atoms with Gasteiger partial charge in [-0.25, -0.2) is 9.59 Å². The molecule has 0 spiro atoms. The third-order valence-electron chi connectivity index (χ3n) is 3.50. The minimum absolute atomic E-state index is 0.156. The van der Waals surface area contributed by atoms with Crippen molar-refractivity contribution in [3.05, 3.63) is 54.0 Å². The van der Waals surface area contributed by atoms with Crippen molar-refractivity contribution in [3.8, 4) is 0 Å². The molecule has 1 aromatic carbocycles. The third kappa shape index (κ3) is 6.80. The molecule has 0 aliphatic carbocycles. The van der Waals surface area contributed by atoms with Crippen LogP contribution >= 0.6 is 0 Å². The molecule has 4 amide bonds. The summed E-state index contributed by atoms with van der Waals surface area (Å²) < 4.78 is 10.1. The quantitative estimate of drug-likeness (QED) is 0.661. The van der Waals surface area contributed by atoms with Gasteiger partial charge in [0.05, 0.1) is 11.8 Å². The van der Waals surface area contributed by atoms with E-state index in [0.717, 1.165) is 0 Å². The number of esters is 1. The van der Waals surface area contributed by atoms with Crippen molar-refractivity contribution < 1.29 is 28.3 Å². The molecule has 1 unspecified atom stereocenters. The molecule has 0 aliphatic heterocycles. The summed E-state index contributed by atoms with van der Waals surface area (Å²) in [5, 5.41) is 7.30. The number of hydrogen-bond donors (Lipinski definition) is 3. The molecule has 1 heterocycles. The molecule has 0 fully saturated rings. The Morgan fingerprint density at radius 2 is 1.69 bits per heavy atom. The Morgan fingerprint density at radius 1 is 1.03 bits per heavy atom. The van der Waals surface area contributed by atoms with Gasteiger partial charge in [0, 0.05) is 11.2 Å². The maximum absolute atomic E-state index is 12.2. The van der Waals surface area contributed by atoms with Crippen LogP contribution in [0, 0.1) is 0 Å². The first kappa shape index (κ1) is 21.7. The van der Waals surface area contributed by atoms with E-state index in [2.05, 4.69) is 16.0 Å². The van der Waals surface area contributed by atoms with Crippen LogP contribution in [0.25, 0.3) is 0 Å². The molecule has 9 heteroatoms. The Morgan fingerprint density at radius 3 is 2.24 bits per heavy atom. The van der Waals surface area contributed by atoms with E-state index in [9.17, 15) is 19.2 Å². The summed E-state index contributed by atoms with van der Waals surface area (Å²) in [4.78, 5) is 47.8. The molecule has 0 radical (unpaired) electrons. The van der Waals surface area contributed by atoms with Crippen LogP contribution < -0.4 is 16.0 Å². The Bertz CT molecular complexity index is 882. The van der Waals surface area contributed by atoms with Gasteiger partial charge in [0.15, 0.2) is 11.9 Å². The van der Waals surface area contributed by atoms with Crippen LogP contribution in [0.5, 0.6) is 0 Å². The normalized spacial score (nSPS) is 11.9. The van der Waals surface area contributed by atoms with E-state index in [1.807, 2.05) is 0 Å². The highest BCUT2D eigenvalue weighted by molar-refractivity contribution is 6.02. The maximum Gasteiger partial charge on any atom is 0.338 e. The number of rotatable bonds is 5. The Labute approximate surface area is 167 Å². The molecule has 3 N–H and O–H groups in total. The molecular formula is C20H23N3O6. The van der Waals surface area contributed by atoms with Gasteiger partial charge in [-0.15, -0.1) is 0 Å². The minimum Gasteiger partial charge on any atom is -0.459 e. The van der Waals surface area contributed by atoms with E-state index < -0.39 is 35.5 Å². The standard InChI is InChI=1S/C20H23N3O6/c1-12(16(24)22-19(27)23-20(2,3)4)29-18(26)13-7-9-14(10-8-13)21-17(25)15-6-5-11-28-15/h5-12H,1-4H3,(H,21,25)(H2,22,23,24,27). The van der Waals surface area contributed by atoms with Crippen molar-refractivity contribution in [2.24, 2.45) is 0 Å². The third-order valence-corrected chi connectivity index (χ3v) is 3.50. The first-order chi connectivity index (χ1) is 13.5. The summed E-state index contributed by atoms with van der Waals surface area (Å²) >= 11 is 0. The largest absolute Gasteiger partial charge is 0.459 e. The van der Waals surface area contributed by atoms with E-state index in [0.29, 0.717) is 5.69 Å². The van der Waals surface area contributed by atoms with E-state index in [1.165, 1.54) is 43.5 Å². The number of imide groups is 1. The summed E-state index contributed by atoms with van der Waals surface area (Å²) in [6.07, 6.45) is 0.213. The molecule has 2 rings (SSSR count). The molecule has 0 bridgehead atoms. The van der Waals surface area contributed by atoms with Gasteiger partial charge in [0.25, 0.3) is 11.8 Å². The van der Waals surface area contributed by atoms with Crippen molar-refractivity contribution in [1.82, 2.24) is 10.6 Å². The molecule has 9 nitrogen and oxygen atoms in total. The van der Waals surface area contributed by atoms with Gasteiger partial charge in [-0.2, -0.15) is 0 Å². The maximum atomic E-state index is 12.2. The van der Waals surface area contributed by atoms with Crippen LogP contribution in [0.15, 0.2) is 47.1 Å². The highest BCUT2D eigenvalue weighted by Crippen LogP contribution is 2.13. The van der Waals surface area contributed by atoms with Gasteiger partial charge in [0.2, 0.25) is 0 Å². The monoisotopic (exact) mass is 401 g/mol. The van der Waals surface area contributed by atoms with Crippen LogP contribution in [-0.2, 0) is 9.53 Å². The zero-order chi connectivity index (χ0) is 21.6. The molecule has 2 aromatic rings. The summed E-state index contributed by atoms with van der Waals surface area (Å²) in [5.41, 5.74) is 0.116. The van der Waals surface area contributed by atoms with Crippen LogP contribution in [0.3, 0.4) is 0 Å². The molecule has 29 heavy (non-hydrogen) atoms. The number of benzene rings is 1. The first-order valence-corrected chi connectivity index (χ1v) is 8.84. The first-order valence-electron chi connectivity index (χ1n) is 8.84. The number of furan rings is 1. The van der Waals surface area contributed by atoms with Gasteiger partial charge in [-0.1, -0.05) is 0 Å². The van der Waals surface area contributed by atoms with Crippen LogP contribution in [-0.4, -0.2) is 35.5 Å². The SMILES string of the molecule is CC(OC(=O)c1ccc(NC(=O)c2ccco2)cc1)C(=O)NC(=O)NC(C)(C)C. The lowest BCUT2D eigenvalue weighted by molar-refractivity contribution is -0.127. The van der Waals surface area contributed by atoms with Gasteiger partial charge in [0.1, 0.15) is 0 Å². The molecule has 1 aromatic heterocycles. The lowest BCUT2D eigenvalue weighted by Gasteiger charge is -2.21. The van der Waals surface area contributed by atoms with Crippen LogP contribution in [0.1, 0.15) is 48.6 Å². The Balaban J connectivity index is 1.89. The van der Waals surface area contributed by atoms with E-state index in [-0.39, 0.29) is 11.3 Å². The Kier molecular flexibility index (Phi) is 6.76. The van der Waals surface area contributed by atoms with Gasteiger partial charge in [-0.05, 0) is 64.1 Å². The minimum atomic E-state index is -1.17. The van der Waals surface area contributed by atoms with Crippen molar-refractivity contribution in [2.45, 2.75) is 39.3 Å². The molecular weight excluding hydrogens is 378 g/mol. The fraction of sp³-hybridized carbons (Fsp3) is 0.300. The highest BCUT2D eigenvalue weighted by atomic mass is 16.5. The molecule has 154 valence electrons. The number of ether oxygens (including phenoxy) is 1. The van der Waals surface area contributed by atoms with Gasteiger partial charge >= 0.3 is 12.0 Å². The average molecular weight is 401 g/mol. The van der Waals surface area contributed by atoms with Crippen molar-refractivity contribution in [2.75, 3.05) is 5.32 Å². The lowest BCUT2D eigenvalue weighted by Crippen LogP contribution is -2.50. The predicted octanol–water partition coefficient (Wildman–Crippen LogP) is 2.70. The zero-order valence-corrected chi connectivity index (χ0v) is 16.6. The summed E-state index contributed by atoms with van der Waals surface area (Å²) in [6.45, 7) is 6.65. The fourth-order valence-corrected chi connectivity index (χ4v) is 2.16. The number of carbonyl (C=O) groups is 4. The van der Waals surface area contributed by atoms with E-state index in [4.69, 9.17) is 9.15 Å². The zero-order valence-electron chi connectivity index (χ0n) is 16.6. The lowest BCUT2D eigenvalue weighted by atomic mass is 10.1. The van der Waals surface area contributed by atoms with Crippen LogP contribution in [0.2, 0.25) is 0 Å². The van der Waals surface area contributed by atoms with Crippen molar-refractivity contribution >= 4 is 29.5 Å². The second-order valence-electron chi connectivity index (χ2n) is 7.25. The number of carbonyl (C=O) groups excluding carboxylic acids is 4. The molecule has 0 aliphatic rings. The molecule has 0 saturated carbocycles. The number of urea groups is 1. The second-order valence-corrected chi connectivity index (χ2v) is 7.25. The summed E-state index contributed by atoms with van der Waals surface area (Å²) in [5.74, 6) is -1.76. The van der Waals surface area contributed by atoms with Crippen molar-refractivity contribution in [1.29, 1.82) is 0 Å². The number of hydrogen-bond acceptors (Lipinski definition) is 6. The number of nitrogens with one attached hydrogen (secondary N) is 3. The smallest absolute Gasteiger partial charge is 0.338 e. The molecule has 1 atom stereocenters. The predicted molar refractivity (Wildman–Crippen MR) is 104 cm³/mol. The second kappa shape index (κ2) is 9.05. The van der Waals surface area contributed by atoms with Gasteiger partial charge in [-0.3, -0.25) is 14.9 Å².